The summed E-state index contributed by atoms with van der Waals surface area (Å²) in [4.78, 5) is 18.2. The Morgan fingerprint density at radius 3 is 1.10 bits per heavy atom. The first-order valence-corrected chi connectivity index (χ1v) is 3.79. The molecule has 0 aliphatic rings. The number of aliphatic carboxylic acids is 2. The second-order valence-electron chi connectivity index (χ2n) is 0.893. The van der Waals surface area contributed by atoms with Crippen LogP contribution in [0.1, 0.15) is 0 Å². The molecule has 8 heteroatoms. The van der Waals surface area contributed by atoms with Crippen molar-refractivity contribution in [3.63, 3.8) is 0 Å². The molecule has 0 bridgehead atoms. The molecule has 0 amide bonds. The molecule has 0 aromatic carbocycles. The Balaban J connectivity index is 0. The number of hydrogen-bond acceptors (Lipinski definition) is 3. The molecule has 0 aromatic heterocycles. The second kappa shape index (κ2) is 6.49. The fraction of sp³-hybridized carbons (Fsp3) is 0. The molecular weight excluding hydrogens is 184 g/mol. The van der Waals surface area contributed by atoms with Gasteiger partial charge in [0, 0.05) is 0 Å². The summed E-state index contributed by atoms with van der Waals surface area (Å²) in [5.74, 6) is -3.65. The van der Waals surface area contributed by atoms with Gasteiger partial charge in [-0.15, -0.1) is 0 Å². The normalized spacial score (nSPS) is 7.00. The molecular formula is C2H4O7Ti. The van der Waals surface area contributed by atoms with E-state index in [9.17, 15) is 0 Å². The molecule has 0 saturated heterocycles. The molecule has 4 N–H and O–H groups in total. The summed E-state index contributed by atoms with van der Waals surface area (Å²) >= 11 is -3.58. The van der Waals surface area contributed by atoms with E-state index in [-0.39, 0.29) is 0 Å². The molecule has 10 heavy (non-hydrogen) atoms. The molecule has 0 rings (SSSR count). The molecule has 0 atom stereocenters. The minimum atomic E-state index is -3.58. The first-order valence-electron chi connectivity index (χ1n) is 1.76. The van der Waals surface area contributed by atoms with Crippen LogP contribution in [0.3, 0.4) is 0 Å². The number of rotatable bonds is 0. The fourth-order valence-electron chi connectivity index (χ4n) is 0. The quantitative estimate of drug-likeness (QED) is 0.253. The Morgan fingerprint density at radius 2 is 1.10 bits per heavy atom. The van der Waals surface area contributed by atoms with Crippen molar-refractivity contribution in [3.05, 3.63) is 0 Å². The third-order valence-electron chi connectivity index (χ3n) is 0.183. The average Bonchev–Trinajstić information content (AvgIpc) is 1.63. The van der Waals surface area contributed by atoms with Gasteiger partial charge in [-0.1, -0.05) is 0 Å². The Labute approximate surface area is 61.6 Å². The van der Waals surface area contributed by atoms with E-state index in [0.717, 1.165) is 0 Å². The first kappa shape index (κ1) is 12.1. The molecule has 0 unspecified atom stereocenters. The molecule has 0 heterocycles. The number of carbonyl (C=O) groups is 2. The van der Waals surface area contributed by atoms with Crippen molar-refractivity contribution in [1.29, 1.82) is 0 Å². The van der Waals surface area contributed by atoms with E-state index in [1.165, 1.54) is 0 Å². The number of carboxylic acids is 2. The van der Waals surface area contributed by atoms with Gasteiger partial charge in [-0.3, -0.25) is 0 Å². The first-order chi connectivity index (χ1) is 4.37. The van der Waals surface area contributed by atoms with Gasteiger partial charge in [0.15, 0.2) is 0 Å². The summed E-state index contributed by atoms with van der Waals surface area (Å²) in [6.07, 6.45) is 0. The summed E-state index contributed by atoms with van der Waals surface area (Å²) in [5.41, 5.74) is 0. The van der Waals surface area contributed by atoms with E-state index in [1.54, 1.807) is 0 Å². The van der Waals surface area contributed by atoms with Gasteiger partial charge in [0.2, 0.25) is 0 Å². The van der Waals surface area contributed by atoms with E-state index in [0.29, 0.717) is 0 Å². The Morgan fingerprint density at radius 1 is 1.00 bits per heavy atom. The minimum absolute atomic E-state index is 1.82. The maximum atomic E-state index is 9.10. The molecule has 0 aliphatic carbocycles. The summed E-state index contributed by atoms with van der Waals surface area (Å²) in [7, 11) is 0. The van der Waals surface area contributed by atoms with Crippen molar-refractivity contribution in [2.24, 2.45) is 0 Å². The SMILES string of the molecule is O=C(O)C(=O)O.[O]=[Ti]([OH])[OH]. The third-order valence-corrected chi connectivity index (χ3v) is 0.183. The molecule has 0 aromatic rings. The number of hydrogen-bond donors (Lipinski definition) is 4. The van der Waals surface area contributed by atoms with E-state index in [4.69, 9.17) is 30.5 Å². The Kier molecular flexibility index (Phi) is 7.85. The van der Waals surface area contributed by atoms with Crippen molar-refractivity contribution in [1.82, 2.24) is 0 Å². The van der Waals surface area contributed by atoms with Gasteiger partial charge >= 0.3 is 41.3 Å². The predicted octanol–water partition coefficient (Wildman–Crippen LogP) is -2.08. The van der Waals surface area contributed by atoms with Crippen LogP contribution in [0.25, 0.3) is 0 Å². The standard InChI is InChI=1S/C2H2O4.2H2O.O.Ti/c3-1(4)2(5)6;;;;/h(H,3,4)(H,5,6);2*1H2;;/q;;;;+2/p-2. The predicted molar refractivity (Wildman–Crippen MR) is 20.4 cm³/mol. The van der Waals surface area contributed by atoms with E-state index in [2.05, 4.69) is 0 Å². The van der Waals surface area contributed by atoms with Gasteiger partial charge in [-0.05, 0) is 0 Å². The summed E-state index contributed by atoms with van der Waals surface area (Å²) in [6.45, 7) is 0. The maximum absolute atomic E-state index is 9.10. The third kappa shape index (κ3) is 26.3. The van der Waals surface area contributed by atoms with E-state index in [1.807, 2.05) is 0 Å². The summed E-state index contributed by atoms with van der Waals surface area (Å²) < 4.78 is 23.2. The molecule has 0 aliphatic heterocycles. The van der Waals surface area contributed by atoms with Gasteiger partial charge in [-0.25, -0.2) is 9.59 Å². The molecule has 0 radical (unpaired) electrons. The average molecular weight is 188 g/mol. The van der Waals surface area contributed by atoms with Crippen molar-refractivity contribution in [3.8, 4) is 0 Å². The molecule has 0 saturated carbocycles. The summed E-state index contributed by atoms with van der Waals surface area (Å²) in [5, 5.41) is 14.8. The van der Waals surface area contributed by atoms with Crippen LogP contribution in [-0.2, 0) is 31.5 Å². The van der Waals surface area contributed by atoms with Crippen LogP contribution in [0, 0.1) is 0 Å². The van der Waals surface area contributed by atoms with Gasteiger partial charge in [0.1, 0.15) is 0 Å². The van der Waals surface area contributed by atoms with Crippen molar-refractivity contribution < 1.29 is 49.1 Å². The van der Waals surface area contributed by atoms with Crippen molar-refractivity contribution in [2.75, 3.05) is 0 Å². The van der Waals surface area contributed by atoms with Gasteiger partial charge < -0.3 is 10.2 Å². The zero-order valence-corrected chi connectivity index (χ0v) is 6.08. The molecule has 0 spiro atoms. The van der Waals surface area contributed by atoms with Gasteiger partial charge in [0.05, 0.1) is 0 Å². The van der Waals surface area contributed by atoms with Crippen LogP contribution in [0.5, 0.6) is 0 Å². The van der Waals surface area contributed by atoms with Gasteiger partial charge in [-0.2, -0.15) is 0 Å². The van der Waals surface area contributed by atoms with Gasteiger partial charge in [0.25, 0.3) is 0 Å². The topological polar surface area (TPSA) is 132 Å². The monoisotopic (exact) mass is 188 g/mol. The van der Waals surface area contributed by atoms with Crippen LogP contribution in [0.4, 0.5) is 0 Å². The second-order valence-corrected chi connectivity index (χ2v) is 1.78. The van der Waals surface area contributed by atoms with Crippen molar-refractivity contribution >= 4 is 11.9 Å². The fourth-order valence-corrected chi connectivity index (χ4v) is 0. The Bertz CT molecular complexity index is 134. The number of carboxylic acid groups (broad SMARTS) is 2. The molecule has 0 fully saturated rings. The summed E-state index contributed by atoms with van der Waals surface area (Å²) in [6, 6.07) is 0. The molecule has 58 valence electrons. The Hall–Kier alpha value is -0.626. The van der Waals surface area contributed by atoms with Crippen LogP contribution >= 0.6 is 0 Å². The van der Waals surface area contributed by atoms with Crippen LogP contribution in [0.15, 0.2) is 0 Å². The van der Waals surface area contributed by atoms with Crippen LogP contribution < -0.4 is 0 Å². The zero-order valence-electron chi connectivity index (χ0n) is 4.51. The van der Waals surface area contributed by atoms with Crippen molar-refractivity contribution in [2.45, 2.75) is 0 Å². The zero-order chi connectivity index (χ0) is 8.73. The molecule has 7 nitrogen and oxygen atoms in total. The van der Waals surface area contributed by atoms with Crippen LogP contribution in [-0.4, -0.2) is 29.5 Å². The van der Waals surface area contributed by atoms with E-state index < -0.39 is 30.6 Å². The van der Waals surface area contributed by atoms with E-state index >= 15 is 0 Å². The van der Waals surface area contributed by atoms with Crippen LogP contribution in [0.2, 0.25) is 0 Å².